The lowest BCUT2D eigenvalue weighted by Gasteiger charge is -2.49. The van der Waals surface area contributed by atoms with Crippen molar-refractivity contribution in [2.45, 2.75) is 53.4 Å². The van der Waals surface area contributed by atoms with Crippen LogP contribution >= 0.6 is 0 Å². The fourth-order valence-corrected chi connectivity index (χ4v) is 3.00. The average molecular weight is 196 g/mol. The molecule has 1 nitrogen and oxygen atoms in total. The quantitative estimate of drug-likeness (QED) is 0.685. The van der Waals surface area contributed by atoms with Gasteiger partial charge in [0.15, 0.2) is 0 Å². The summed E-state index contributed by atoms with van der Waals surface area (Å²) in [6.45, 7) is 9.29. The van der Waals surface area contributed by atoms with Crippen molar-refractivity contribution in [2.75, 3.05) is 6.61 Å². The number of hydrogen-bond acceptors (Lipinski definition) is 1. The molecule has 1 aliphatic rings. The van der Waals surface area contributed by atoms with Crippen molar-refractivity contribution >= 4 is 0 Å². The normalized spacial score (nSPS) is 31.4. The van der Waals surface area contributed by atoms with E-state index in [1.807, 2.05) is 0 Å². The third-order valence-corrected chi connectivity index (χ3v) is 4.22. The van der Waals surface area contributed by atoms with E-state index < -0.39 is 0 Å². The maximum absolute atomic E-state index is 9.74. The first kappa shape index (κ1) is 11.8. The van der Waals surface area contributed by atoms with E-state index in [1.54, 1.807) is 0 Å². The standard InChI is InChI=1S/C13H24O/c1-5-8-13(10-14)11(2)7-6-9-12(13,3)4/h7,14H,5-6,8-10H2,1-4H3. The largest absolute Gasteiger partial charge is 0.395 e. The molecule has 0 aliphatic heterocycles. The number of aliphatic hydroxyl groups is 1. The predicted octanol–water partition coefficient (Wildman–Crippen LogP) is 3.53. The molecule has 0 aromatic carbocycles. The summed E-state index contributed by atoms with van der Waals surface area (Å²) in [6.07, 6.45) is 6.94. The van der Waals surface area contributed by atoms with Crippen LogP contribution in [0.25, 0.3) is 0 Å². The van der Waals surface area contributed by atoms with Gasteiger partial charge in [0.2, 0.25) is 0 Å². The number of rotatable bonds is 3. The molecule has 0 fully saturated rings. The highest BCUT2D eigenvalue weighted by Gasteiger charge is 2.46. The molecule has 1 N–H and O–H groups in total. The van der Waals surface area contributed by atoms with Crippen LogP contribution in [0.15, 0.2) is 11.6 Å². The first-order valence-corrected chi connectivity index (χ1v) is 5.78. The molecule has 1 atom stereocenters. The molecule has 0 amide bonds. The van der Waals surface area contributed by atoms with Gasteiger partial charge in [-0.3, -0.25) is 0 Å². The first-order chi connectivity index (χ1) is 6.50. The predicted molar refractivity (Wildman–Crippen MR) is 61.2 cm³/mol. The van der Waals surface area contributed by atoms with E-state index in [2.05, 4.69) is 33.8 Å². The molecule has 1 aliphatic carbocycles. The maximum Gasteiger partial charge on any atom is 0.0529 e. The topological polar surface area (TPSA) is 20.2 Å². The zero-order valence-corrected chi connectivity index (χ0v) is 10.1. The monoisotopic (exact) mass is 196 g/mol. The summed E-state index contributed by atoms with van der Waals surface area (Å²) < 4.78 is 0. The molecule has 0 saturated heterocycles. The Morgan fingerprint density at radius 3 is 2.50 bits per heavy atom. The van der Waals surface area contributed by atoms with Crippen LogP contribution in [-0.2, 0) is 0 Å². The van der Waals surface area contributed by atoms with Crippen molar-refractivity contribution in [1.29, 1.82) is 0 Å². The molecule has 0 radical (unpaired) electrons. The highest BCUT2D eigenvalue weighted by Crippen LogP contribution is 2.53. The van der Waals surface area contributed by atoms with Crippen molar-refractivity contribution < 1.29 is 5.11 Å². The van der Waals surface area contributed by atoms with Crippen LogP contribution in [0.2, 0.25) is 0 Å². The summed E-state index contributed by atoms with van der Waals surface area (Å²) in [4.78, 5) is 0. The fourth-order valence-electron chi connectivity index (χ4n) is 3.00. The van der Waals surface area contributed by atoms with Gasteiger partial charge in [0.25, 0.3) is 0 Å². The average Bonchev–Trinajstić information content (AvgIpc) is 2.11. The van der Waals surface area contributed by atoms with E-state index in [9.17, 15) is 5.11 Å². The third kappa shape index (κ3) is 1.63. The molecule has 1 unspecified atom stereocenters. The number of aliphatic hydroxyl groups excluding tert-OH is 1. The highest BCUT2D eigenvalue weighted by molar-refractivity contribution is 5.20. The van der Waals surface area contributed by atoms with Crippen LogP contribution < -0.4 is 0 Å². The summed E-state index contributed by atoms with van der Waals surface area (Å²) in [6, 6.07) is 0. The van der Waals surface area contributed by atoms with E-state index >= 15 is 0 Å². The molecule has 0 aromatic rings. The minimum atomic E-state index is 0.0417. The molecule has 0 spiro atoms. The summed E-state index contributed by atoms with van der Waals surface area (Å²) in [5, 5.41) is 9.74. The molecular formula is C13H24O. The minimum absolute atomic E-state index is 0.0417. The van der Waals surface area contributed by atoms with Gasteiger partial charge in [0.05, 0.1) is 6.61 Å². The Balaban J connectivity index is 3.07. The van der Waals surface area contributed by atoms with Gasteiger partial charge in [-0.15, -0.1) is 0 Å². The summed E-state index contributed by atoms with van der Waals surface area (Å²) >= 11 is 0. The van der Waals surface area contributed by atoms with Crippen molar-refractivity contribution in [3.63, 3.8) is 0 Å². The van der Waals surface area contributed by atoms with E-state index in [1.165, 1.54) is 18.4 Å². The SMILES string of the molecule is CCCC1(CO)C(C)=CCCC1(C)C. The van der Waals surface area contributed by atoms with Crippen molar-refractivity contribution in [2.24, 2.45) is 10.8 Å². The van der Waals surface area contributed by atoms with Crippen LogP contribution in [0.5, 0.6) is 0 Å². The molecular weight excluding hydrogens is 172 g/mol. The highest BCUT2D eigenvalue weighted by atomic mass is 16.3. The maximum atomic E-state index is 9.74. The van der Waals surface area contributed by atoms with Crippen LogP contribution in [0.3, 0.4) is 0 Å². The van der Waals surface area contributed by atoms with Gasteiger partial charge in [-0.2, -0.15) is 0 Å². The van der Waals surface area contributed by atoms with Gasteiger partial charge >= 0.3 is 0 Å². The molecule has 82 valence electrons. The summed E-state index contributed by atoms with van der Waals surface area (Å²) in [5.41, 5.74) is 1.69. The van der Waals surface area contributed by atoms with Crippen molar-refractivity contribution in [3.8, 4) is 0 Å². The second-order valence-electron chi connectivity index (χ2n) is 5.30. The Kier molecular flexibility index (Phi) is 3.41. The van der Waals surface area contributed by atoms with Crippen LogP contribution in [0, 0.1) is 10.8 Å². The smallest absolute Gasteiger partial charge is 0.0529 e. The van der Waals surface area contributed by atoms with Gasteiger partial charge < -0.3 is 5.11 Å². The second-order valence-corrected chi connectivity index (χ2v) is 5.30. The van der Waals surface area contributed by atoms with E-state index in [0.717, 1.165) is 12.8 Å². The van der Waals surface area contributed by atoms with Crippen molar-refractivity contribution in [1.82, 2.24) is 0 Å². The lowest BCUT2D eigenvalue weighted by molar-refractivity contribution is 0.0148. The molecule has 0 aromatic heterocycles. The number of hydrogen-bond donors (Lipinski definition) is 1. The Bertz CT molecular complexity index is 227. The van der Waals surface area contributed by atoms with Gasteiger partial charge in [-0.25, -0.2) is 0 Å². The Morgan fingerprint density at radius 2 is 2.07 bits per heavy atom. The van der Waals surface area contributed by atoms with Crippen LogP contribution in [-0.4, -0.2) is 11.7 Å². The molecule has 0 bridgehead atoms. The van der Waals surface area contributed by atoms with Gasteiger partial charge in [-0.1, -0.05) is 38.8 Å². The van der Waals surface area contributed by atoms with Crippen LogP contribution in [0.1, 0.15) is 53.4 Å². The van der Waals surface area contributed by atoms with Gasteiger partial charge in [0.1, 0.15) is 0 Å². The zero-order chi connectivity index (χ0) is 10.8. The Morgan fingerprint density at radius 1 is 1.43 bits per heavy atom. The molecule has 0 saturated carbocycles. The van der Waals surface area contributed by atoms with Crippen LogP contribution in [0.4, 0.5) is 0 Å². The number of allylic oxidation sites excluding steroid dienone is 1. The Labute approximate surface area is 88.2 Å². The lowest BCUT2D eigenvalue weighted by Crippen LogP contribution is -2.43. The van der Waals surface area contributed by atoms with E-state index in [-0.39, 0.29) is 10.8 Å². The van der Waals surface area contributed by atoms with Crippen molar-refractivity contribution in [3.05, 3.63) is 11.6 Å². The first-order valence-electron chi connectivity index (χ1n) is 5.78. The van der Waals surface area contributed by atoms with Gasteiger partial charge in [0, 0.05) is 5.41 Å². The second kappa shape index (κ2) is 4.06. The van der Waals surface area contributed by atoms with Gasteiger partial charge in [-0.05, 0) is 31.6 Å². The summed E-state index contributed by atoms with van der Waals surface area (Å²) in [5.74, 6) is 0. The molecule has 14 heavy (non-hydrogen) atoms. The fraction of sp³-hybridized carbons (Fsp3) is 0.846. The minimum Gasteiger partial charge on any atom is -0.395 e. The van der Waals surface area contributed by atoms with E-state index in [0.29, 0.717) is 6.61 Å². The van der Waals surface area contributed by atoms with E-state index in [4.69, 9.17) is 0 Å². The zero-order valence-electron chi connectivity index (χ0n) is 10.1. The molecule has 0 heterocycles. The molecule has 1 heteroatoms. The Hall–Kier alpha value is -0.300. The third-order valence-electron chi connectivity index (χ3n) is 4.22. The summed E-state index contributed by atoms with van der Waals surface area (Å²) in [7, 11) is 0. The lowest BCUT2D eigenvalue weighted by atomic mass is 9.56. The molecule has 1 rings (SSSR count).